The summed E-state index contributed by atoms with van der Waals surface area (Å²) in [6.07, 6.45) is 3.94. The summed E-state index contributed by atoms with van der Waals surface area (Å²) in [6, 6.07) is 16.4. The van der Waals surface area contributed by atoms with Crippen molar-refractivity contribution < 1.29 is 9.53 Å². The number of nitrogens with one attached hydrogen (secondary N) is 2. The molecule has 0 spiro atoms. The molecule has 1 atom stereocenters. The molecule has 0 radical (unpaired) electrons. The van der Waals surface area contributed by atoms with Gasteiger partial charge in [-0.2, -0.15) is 0 Å². The van der Waals surface area contributed by atoms with Gasteiger partial charge in [-0.1, -0.05) is 30.7 Å². The number of nitrogens with zero attached hydrogens (tertiary/aromatic N) is 2. The van der Waals surface area contributed by atoms with E-state index in [0.29, 0.717) is 6.54 Å². The van der Waals surface area contributed by atoms with E-state index in [2.05, 4.69) is 56.8 Å². The smallest absolute Gasteiger partial charge is 0.241 e. The van der Waals surface area contributed by atoms with Crippen LogP contribution in [0.4, 0.5) is 11.4 Å². The SMILES string of the molecule is CC(NCc1ccccc1CN1CCCCC1)C(=O)Nc1ccc(N2CCOCC2)cc1. The molecule has 1 unspecified atom stereocenters. The van der Waals surface area contributed by atoms with E-state index >= 15 is 0 Å². The Kier molecular flexibility index (Phi) is 8.15. The van der Waals surface area contributed by atoms with E-state index in [0.717, 1.165) is 38.5 Å². The number of morpholine rings is 1. The van der Waals surface area contributed by atoms with Gasteiger partial charge in [0.2, 0.25) is 5.91 Å². The number of likely N-dealkylation sites (tertiary alicyclic amines) is 1. The minimum atomic E-state index is -0.281. The van der Waals surface area contributed by atoms with Crippen LogP contribution in [0.15, 0.2) is 48.5 Å². The number of carbonyl (C=O) groups is 1. The topological polar surface area (TPSA) is 56.8 Å². The van der Waals surface area contributed by atoms with Crippen molar-refractivity contribution in [3.8, 4) is 0 Å². The van der Waals surface area contributed by atoms with Gasteiger partial charge in [-0.25, -0.2) is 0 Å². The molecule has 0 bridgehead atoms. The molecule has 2 saturated heterocycles. The number of carbonyl (C=O) groups excluding carboxylic acids is 1. The minimum Gasteiger partial charge on any atom is -0.378 e. The lowest BCUT2D eigenvalue weighted by molar-refractivity contribution is -0.117. The van der Waals surface area contributed by atoms with Crippen molar-refractivity contribution in [2.75, 3.05) is 49.6 Å². The summed E-state index contributed by atoms with van der Waals surface area (Å²) in [6.45, 7) is 9.33. The monoisotopic (exact) mass is 436 g/mol. The molecule has 6 nitrogen and oxygen atoms in total. The van der Waals surface area contributed by atoms with Crippen LogP contribution in [0.3, 0.4) is 0 Å². The molecule has 0 saturated carbocycles. The third-order valence-corrected chi connectivity index (χ3v) is 6.46. The number of hydrogen-bond acceptors (Lipinski definition) is 5. The first-order valence-corrected chi connectivity index (χ1v) is 12.0. The van der Waals surface area contributed by atoms with Crippen LogP contribution in [-0.2, 0) is 22.6 Å². The minimum absolute atomic E-state index is 0.0161. The van der Waals surface area contributed by atoms with Crippen molar-refractivity contribution >= 4 is 17.3 Å². The quantitative estimate of drug-likeness (QED) is 0.662. The molecule has 2 aromatic rings. The number of amides is 1. The zero-order valence-electron chi connectivity index (χ0n) is 19.2. The second-order valence-corrected chi connectivity index (χ2v) is 8.84. The molecule has 2 fully saturated rings. The van der Waals surface area contributed by atoms with Gasteiger partial charge < -0.3 is 20.3 Å². The lowest BCUT2D eigenvalue weighted by Crippen LogP contribution is -2.38. The van der Waals surface area contributed by atoms with E-state index in [1.54, 1.807) is 0 Å². The van der Waals surface area contributed by atoms with Crippen LogP contribution in [0.25, 0.3) is 0 Å². The molecule has 1 amide bonds. The third kappa shape index (κ3) is 6.31. The molecule has 2 aromatic carbocycles. The van der Waals surface area contributed by atoms with Crippen LogP contribution in [-0.4, -0.2) is 56.2 Å². The lowest BCUT2D eigenvalue weighted by atomic mass is 10.0. The third-order valence-electron chi connectivity index (χ3n) is 6.46. The molecule has 0 aliphatic carbocycles. The predicted octanol–water partition coefficient (Wildman–Crippen LogP) is 3.63. The summed E-state index contributed by atoms with van der Waals surface area (Å²) in [5.74, 6) is -0.0161. The number of rotatable bonds is 8. The average molecular weight is 437 g/mol. The fourth-order valence-corrected chi connectivity index (χ4v) is 4.43. The van der Waals surface area contributed by atoms with Crippen molar-refractivity contribution in [3.63, 3.8) is 0 Å². The van der Waals surface area contributed by atoms with Gasteiger partial charge in [-0.05, 0) is 68.2 Å². The number of ether oxygens (including phenoxy) is 1. The summed E-state index contributed by atoms with van der Waals surface area (Å²) >= 11 is 0. The van der Waals surface area contributed by atoms with E-state index in [1.807, 2.05) is 19.1 Å². The van der Waals surface area contributed by atoms with Gasteiger partial charge in [0.15, 0.2) is 0 Å². The lowest BCUT2D eigenvalue weighted by Gasteiger charge is -2.29. The van der Waals surface area contributed by atoms with Gasteiger partial charge in [0.05, 0.1) is 19.3 Å². The highest BCUT2D eigenvalue weighted by molar-refractivity contribution is 5.94. The molecule has 32 heavy (non-hydrogen) atoms. The van der Waals surface area contributed by atoms with E-state index in [9.17, 15) is 4.79 Å². The number of piperidine rings is 1. The Morgan fingerprint density at radius 2 is 1.62 bits per heavy atom. The second kappa shape index (κ2) is 11.5. The molecule has 0 aromatic heterocycles. The van der Waals surface area contributed by atoms with E-state index in [4.69, 9.17) is 4.74 Å². The van der Waals surface area contributed by atoms with Gasteiger partial charge in [-0.15, -0.1) is 0 Å². The summed E-state index contributed by atoms with van der Waals surface area (Å²) in [7, 11) is 0. The molecular formula is C26H36N4O2. The maximum atomic E-state index is 12.7. The average Bonchev–Trinajstić information content (AvgIpc) is 2.85. The first-order valence-electron chi connectivity index (χ1n) is 12.0. The first kappa shape index (κ1) is 22.8. The van der Waals surface area contributed by atoms with Crippen LogP contribution in [0, 0.1) is 0 Å². The van der Waals surface area contributed by atoms with Gasteiger partial charge >= 0.3 is 0 Å². The zero-order valence-corrected chi connectivity index (χ0v) is 19.2. The van der Waals surface area contributed by atoms with Crippen LogP contribution in [0.5, 0.6) is 0 Å². The van der Waals surface area contributed by atoms with Crippen molar-refractivity contribution in [2.24, 2.45) is 0 Å². The highest BCUT2D eigenvalue weighted by Gasteiger charge is 2.16. The van der Waals surface area contributed by atoms with Crippen LogP contribution >= 0.6 is 0 Å². The Hall–Kier alpha value is -2.41. The summed E-state index contributed by atoms with van der Waals surface area (Å²) in [5, 5.41) is 6.44. The van der Waals surface area contributed by atoms with Crippen LogP contribution in [0.2, 0.25) is 0 Å². The molecular weight excluding hydrogens is 400 g/mol. The van der Waals surface area contributed by atoms with E-state index in [-0.39, 0.29) is 11.9 Å². The first-order chi connectivity index (χ1) is 15.7. The Labute approximate surface area is 191 Å². The normalized spacial score (nSPS) is 18.3. The number of hydrogen-bond donors (Lipinski definition) is 2. The standard InChI is InChI=1S/C26H36N4O2/c1-21(26(31)28-24-9-11-25(12-10-24)30-15-17-32-18-16-30)27-19-22-7-3-4-8-23(22)20-29-13-5-2-6-14-29/h3-4,7-12,21,27H,2,5-6,13-20H2,1H3,(H,28,31). The van der Waals surface area contributed by atoms with Crippen molar-refractivity contribution in [1.82, 2.24) is 10.2 Å². The molecule has 172 valence electrons. The molecule has 2 N–H and O–H groups in total. The van der Waals surface area contributed by atoms with Crippen LogP contribution < -0.4 is 15.5 Å². The van der Waals surface area contributed by atoms with Gasteiger partial charge in [0, 0.05) is 37.6 Å². The maximum absolute atomic E-state index is 12.7. The van der Waals surface area contributed by atoms with Crippen molar-refractivity contribution in [3.05, 3.63) is 59.7 Å². The Balaban J connectivity index is 1.27. The summed E-state index contributed by atoms with van der Waals surface area (Å²) < 4.78 is 5.42. The van der Waals surface area contributed by atoms with Crippen LogP contribution in [0.1, 0.15) is 37.3 Å². The molecule has 2 aliphatic rings. The predicted molar refractivity (Wildman–Crippen MR) is 130 cm³/mol. The molecule has 2 heterocycles. The Morgan fingerprint density at radius 3 is 2.34 bits per heavy atom. The fraction of sp³-hybridized carbons (Fsp3) is 0.500. The van der Waals surface area contributed by atoms with Crippen molar-refractivity contribution in [1.29, 1.82) is 0 Å². The maximum Gasteiger partial charge on any atom is 0.241 e. The van der Waals surface area contributed by atoms with Gasteiger partial charge in [-0.3, -0.25) is 9.69 Å². The number of benzene rings is 2. The summed E-state index contributed by atoms with van der Waals surface area (Å²) in [4.78, 5) is 17.6. The highest BCUT2D eigenvalue weighted by atomic mass is 16.5. The second-order valence-electron chi connectivity index (χ2n) is 8.84. The summed E-state index contributed by atoms with van der Waals surface area (Å²) in [5.41, 5.74) is 4.62. The Bertz CT molecular complexity index is 858. The van der Waals surface area contributed by atoms with E-state index < -0.39 is 0 Å². The molecule has 4 rings (SSSR count). The molecule has 6 heteroatoms. The van der Waals surface area contributed by atoms with Crippen molar-refractivity contribution in [2.45, 2.75) is 45.3 Å². The largest absolute Gasteiger partial charge is 0.378 e. The van der Waals surface area contributed by atoms with E-state index in [1.165, 1.54) is 49.2 Å². The molecule has 2 aliphatic heterocycles. The fourth-order valence-electron chi connectivity index (χ4n) is 4.43. The zero-order chi connectivity index (χ0) is 22.2. The van der Waals surface area contributed by atoms with Gasteiger partial charge in [0.1, 0.15) is 0 Å². The van der Waals surface area contributed by atoms with Gasteiger partial charge in [0.25, 0.3) is 0 Å². The number of anilines is 2. The Morgan fingerprint density at radius 1 is 0.938 bits per heavy atom. The highest BCUT2D eigenvalue weighted by Crippen LogP contribution is 2.19.